The lowest BCUT2D eigenvalue weighted by atomic mass is 9.99. The topological polar surface area (TPSA) is 112 Å². The molecule has 8 heteroatoms. The van der Waals surface area contributed by atoms with Gasteiger partial charge in [0.25, 0.3) is 0 Å². The second-order valence-electron chi connectivity index (χ2n) is 6.16. The Kier molecular flexibility index (Phi) is 5.76. The number of ether oxygens (including phenoxy) is 2. The summed E-state index contributed by atoms with van der Waals surface area (Å²) in [6.45, 7) is 1.32. The number of rotatable bonds is 4. The molecule has 1 saturated heterocycles. The summed E-state index contributed by atoms with van der Waals surface area (Å²) in [6, 6.07) is 8.98. The van der Waals surface area contributed by atoms with E-state index in [-0.39, 0.29) is 0 Å². The van der Waals surface area contributed by atoms with Crippen LogP contribution in [0.15, 0.2) is 36.5 Å². The van der Waals surface area contributed by atoms with Gasteiger partial charge in [-0.1, -0.05) is 17.7 Å². The number of aromatic nitrogens is 1. The molecule has 1 aromatic carbocycles. The van der Waals surface area contributed by atoms with Crippen LogP contribution >= 0.6 is 11.6 Å². The van der Waals surface area contributed by atoms with Crippen molar-refractivity contribution in [3.8, 4) is 16.9 Å². The van der Waals surface area contributed by atoms with Crippen molar-refractivity contribution in [2.45, 2.75) is 37.6 Å². The normalized spacial score (nSPS) is 28.8. The maximum absolute atomic E-state index is 10.1. The first-order valence-corrected chi connectivity index (χ1v) is 8.48. The number of pyridine rings is 1. The Bertz CT molecular complexity index is 771. The standard InChI is InChI=1S/C18H20ClNO6/c1-9-6-10(11-4-5-20-14(19)7-11)2-3-12(9)25-18-17(24)16(23)15(22)13(8-21)26-18/h2-7,13,15-18,21-24H,8H2,1H3/t13-,15-,16+,17+,18+/m1/s1. The molecule has 26 heavy (non-hydrogen) atoms. The maximum atomic E-state index is 10.1. The molecular formula is C18H20ClNO6. The van der Waals surface area contributed by atoms with Gasteiger partial charge < -0.3 is 29.9 Å². The van der Waals surface area contributed by atoms with Gasteiger partial charge in [0.2, 0.25) is 6.29 Å². The highest BCUT2D eigenvalue weighted by molar-refractivity contribution is 6.29. The van der Waals surface area contributed by atoms with Gasteiger partial charge in [-0.15, -0.1) is 0 Å². The summed E-state index contributed by atoms with van der Waals surface area (Å²) < 4.78 is 11.0. The lowest BCUT2D eigenvalue weighted by Crippen LogP contribution is -2.60. The van der Waals surface area contributed by atoms with Gasteiger partial charge in [-0.25, -0.2) is 4.98 Å². The van der Waals surface area contributed by atoms with Gasteiger partial charge in [-0.2, -0.15) is 0 Å². The van der Waals surface area contributed by atoms with Crippen LogP contribution in [-0.4, -0.2) is 62.7 Å². The van der Waals surface area contributed by atoms with Crippen LogP contribution in [0.5, 0.6) is 5.75 Å². The van der Waals surface area contributed by atoms with E-state index in [1.54, 1.807) is 18.3 Å². The Morgan fingerprint density at radius 1 is 1.08 bits per heavy atom. The predicted molar refractivity (Wildman–Crippen MR) is 93.8 cm³/mol. The Morgan fingerprint density at radius 3 is 2.46 bits per heavy atom. The third-order valence-corrected chi connectivity index (χ3v) is 4.53. The molecule has 1 aliphatic rings. The first kappa shape index (κ1) is 19.0. The second-order valence-corrected chi connectivity index (χ2v) is 6.55. The summed E-state index contributed by atoms with van der Waals surface area (Å²) in [5, 5.41) is 39.4. The molecule has 2 aromatic rings. The van der Waals surface area contributed by atoms with E-state index in [1.165, 1.54) is 0 Å². The largest absolute Gasteiger partial charge is 0.462 e. The summed E-state index contributed by atoms with van der Waals surface area (Å²) in [5.41, 5.74) is 2.58. The number of aliphatic hydroxyl groups excluding tert-OH is 4. The van der Waals surface area contributed by atoms with Crippen LogP contribution in [0, 0.1) is 6.92 Å². The molecule has 0 radical (unpaired) electrons. The van der Waals surface area contributed by atoms with Crippen molar-refractivity contribution in [1.82, 2.24) is 4.98 Å². The van der Waals surface area contributed by atoms with Crippen molar-refractivity contribution in [1.29, 1.82) is 0 Å². The summed E-state index contributed by atoms with van der Waals surface area (Å²) in [4.78, 5) is 3.95. The second kappa shape index (κ2) is 7.87. The van der Waals surface area contributed by atoms with E-state index in [0.29, 0.717) is 10.9 Å². The number of benzene rings is 1. The molecule has 5 atom stereocenters. The molecule has 140 valence electrons. The zero-order valence-corrected chi connectivity index (χ0v) is 14.7. The Morgan fingerprint density at radius 2 is 1.81 bits per heavy atom. The average molecular weight is 382 g/mol. The highest BCUT2D eigenvalue weighted by atomic mass is 35.5. The quantitative estimate of drug-likeness (QED) is 0.582. The van der Waals surface area contributed by atoms with E-state index < -0.39 is 37.3 Å². The minimum absolute atomic E-state index is 0.391. The van der Waals surface area contributed by atoms with Crippen LogP contribution in [0.1, 0.15) is 5.56 Å². The number of aliphatic hydroxyl groups is 4. The predicted octanol–water partition coefficient (Wildman–Crippen LogP) is 0.889. The number of nitrogens with zero attached hydrogens (tertiary/aromatic N) is 1. The fourth-order valence-corrected chi connectivity index (χ4v) is 3.01. The number of hydrogen-bond acceptors (Lipinski definition) is 7. The molecular weight excluding hydrogens is 362 g/mol. The van der Waals surface area contributed by atoms with Gasteiger partial charge in [0.1, 0.15) is 35.3 Å². The third kappa shape index (κ3) is 3.83. The van der Waals surface area contributed by atoms with Crippen molar-refractivity contribution in [2.75, 3.05) is 6.61 Å². The highest BCUT2D eigenvalue weighted by Crippen LogP contribution is 2.30. The van der Waals surface area contributed by atoms with E-state index >= 15 is 0 Å². The number of aryl methyl sites for hydroxylation is 1. The van der Waals surface area contributed by atoms with Crippen LogP contribution < -0.4 is 4.74 Å². The van der Waals surface area contributed by atoms with Gasteiger partial charge in [-0.05, 0) is 47.9 Å². The van der Waals surface area contributed by atoms with Crippen LogP contribution in [-0.2, 0) is 4.74 Å². The van der Waals surface area contributed by atoms with Crippen molar-refractivity contribution in [3.05, 3.63) is 47.2 Å². The van der Waals surface area contributed by atoms with Crippen molar-refractivity contribution < 1.29 is 29.9 Å². The summed E-state index contributed by atoms with van der Waals surface area (Å²) in [7, 11) is 0. The van der Waals surface area contributed by atoms with Gasteiger partial charge >= 0.3 is 0 Å². The number of halogens is 1. The molecule has 3 rings (SSSR count). The summed E-state index contributed by atoms with van der Waals surface area (Å²) >= 11 is 5.92. The first-order chi connectivity index (χ1) is 12.4. The molecule has 0 spiro atoms. The SMILES string of the molecule is Cc1cc(-c2ccnc(Cl)c2)ccc1O[C@H]1O[C@H](CO)[C@@H](O)[C@H](O)[C@@H]1O. The van der Waals surface area contributed by atoms with Gasteiger partial charge in [-0.3, -0.25) is 0 Å². The van der Waals surface area contributed by atoms with E-state index in [2.05, 4.69) is 4.98 Å². The van der Waals surface area contributed by atoms with Crippen LogP contribution in [0.25, 0.3) is 11.1 Å². The van der Waals surface area contributed by atoms with Crippen LogP contribution in [0.2, 0.25) is 5.15 Å². The van der Waals surface area contributed by atoms with E-state index in [9.17, 15) is 20.4 Å². The third-order valence-electron chi connectivity index (χ3n) is 4.33. The highest BCUT2D eigenvalue weighted by Gasteiger charge is 2.44. The molecule has 7 nitrogen and oxygen atoms in total. The average Bonchev–Trinajstić information content (AvgIpc) is 2.63. The monoisotopic (exact) mass is 381 g/mol. The molecule has 1 fully saturated rings. The minimum atomic E-state index is -1.48. The number of hydrogen-bond donors (Lipinski definition) is 4. The summed E-state index contributed by atoms with van der Waals surface area (Å²) in [6.07, 6.45) is -4.97. The van der Waals surface area contributed by atoms with Gasteiger partial charge in [0.05, 0.1) is 6.61 Å². The van der Waals surface area contributed by atoms with Crippen molar-refractivity contribution in [2.24, 2.45) is 0 Å². The molecule has 1 aromatic heterocycles. The summed E-state index contributed by atoms with van der Waals surface area (Å²) in [5.74, 6) is 0.443. The molecule has 0 saturated carbocycles. The smallest absolute Gasteiger partial charge is 0.229 e. The first-order valence-electron chi connectivity index (χ1n) is 8.10. The van der Waals surface area contributed by atoms with Crippen molar-refractivity contribution in [3.63, 3.8) is 0 Å². The van der Waals surface area contributed by atoms with E-state index in [1.807, 2.05) is 25.1 Å². The lowest BCUT2D eigenvalue weighted by Gasteiger charge is -2.39. The Hall–Kier alpha value is -1.74. The van der Waals surface area contributed by atoms with Crippen LogP contribution in [0.3, 0.4) is 0 Å². The lowest BCUT2D eigenvalue weighted by molar-refractivity contribution is -0.277. The molecule has 0 amide bonds. The van der Waals surface area contributed by atoms with Crippen molar-refractivity contribution >= 4 is 11.6 Å². The Balaban J connectivity index is 1.80. The van der Waals surface area contributed by atoms with Crippen LogP contribution in [0.4, 0.5) is 0 Å². The maximum Gasteiger partial charge on any atom is 0.229 e. The zero-order valence-electron chi connectivity index (χ0n) is 14.0. The molecule has 1 aliphatic heterocycles. The molecule has 2 heterocycles. The van der Waals surface area contributed by atoms with E-state index in [4.69, 9.17) is 21.1 Å². The van der Waals surface area contributed by atoms with Gasteiger partial charge in [0, 0.05) is 6.20 Å². The minimum Gasteiger partial charge on any atom is -0.462 e. The zero-order chi connectivity index (χ0) is 18.8. The molecule has 0 unspecified atom stereocenters. The molecule has 0 aliphatic carbocycles. The fourth-order valence-electron chi connectivity index (χ4n) is 2.83. The fraction of sp³-hybridized carbons (Fsp3) is 0.389. The molecule has 0 bridgehead atoms. The Labute approximate surface area is 155 Å². The van der Waals surface area contributed by atoms with E-state index in [0.717, 1.165) is 16.7 Å². The van der Waals surface area contributed by atoms with Gasteiger partial charge in [0.15, 0.2) is 0 Å². The molecule has 4 N–H and O–H groups in total.